The van der Waals surface area contributed by atoms with E-state index in [0.29, 0.717) is 6.42 Å². The van der Waals surface area contributed by atoms with E-state index in [0.717, 1.165) is 46.9 Å². The Morgan fingerprint density at radius 3 is 2.22 bits per heavy atom. The van der Waals surface area contributed by atoms with Gasteiger partial charge in [-0.2, -0.15) is 0 Å². The number of pyridine rings is 1. The lowest BCUT2D eigenvalue weighted by atomic mass is 10.1. The van der Waals surface area contributed by atoms with E-state index in [-0.39, 0.29) is 5.97 Å². The van der Waals surface area contributed by atoms with Gasteiger partial charge in [0.1, 0.15) is 0 Å². The molecule has 0 aliphatic heterocycles. The topological polar surface area (TPSA) is 51.2 Å². The van der Waals surface area contributed by atoms with Crippen molar-refractivity contribution in [1.82, 2.24) is 4.98 Å². The lowest BCUT2D eigenvalue weighted by molar-refractivity contribution is -0.140. The van der Waals surface area contributed by atoms with Gasteiger partial charge in [-0.3, -0.25) is 4.79 Å². The van der Waals surface area contributed by atoms with Crippen molar-refractivity contribution >= 4 is 33.5 Å². The van der Waals surface area contributed by atoms with Crippen LogP contribution in [0, 0.1) is 0 Å². The van der Waals surface area contributed by atoms with Gasteiger partial charge in [0.25, 0.3) is 0 Å². The minimum Gasteiger partial charge on any atom is -0.469 e. The standard InChI is InChI=1S/C19H20N2O2/c1-23-18(22)12-6-7-13-20-19-14-8-2-4-10-16(14)21-17-11-5-3-9-15(17)19/h2-5,8-11H,6-7,12-13H2,1H3,(H,20,21). The summed E-state index contributed by atoms with van der Waals surface area (Å²) in [5.41, 5.74) is 3.09. The number of ether oxygens (including phenoxy) is 1. The second-order valence-electron chi connectivity index (χ2n) is 5.48. The second-order valence-corrected chi connectivity index (χ2v) is 5.48. The molecule has 0 amide bonds. The molecule has 0 unspecified atom stereocenters. The number of anilines is 1. The average Bonchev–Trinajstić information content (AvgIpc) is 2.60. The number of hydrogen-bond acceptors (Lipinski definition) is 4. The van der Waals surface area contributed by atoms with Crippen LogP contribution in [0.15, 0.2) is 48.5 Å². The van der Waals surface area contributed by atoms with Crippen LogP contribution in [0.25, 0.3) is 21.8 Å². The first-order valence-electron chi connectivity index (χ1n) is 7.88. The first-order valence-corrected chi connectivity index (χ1v) is 7.88. The number of nitrogens with zero attached hydrogens (tertiary/aromatic N) is 1. The number of aromatic nitrogens is 1. The molecule has 1 N–H and O–H groups in total. The highest BCUT2D eigenvalue weighted by Crippen LogP contribution is 2.30. The molecule has 0 saturated carbocycles. The number of hydrogen-bond donors (Lipinski definition) is 1. The minimum atomic E-state index is -0.148. The number of esters is 1. The van der Waals surface area contributed by atoms with Crippen LogP contribution in [-0.4, -0.2) is 24.6 Å². The molecular weight excluding hydrogens is 288 g/mol. The van der Waals surface area contributed by atoms with Crippen molar-refractivity contribution in [1.29, 1.82) is 0 Å². The maximum absolute atomic E-state index is 11.1. The number of benzene rings is 2. The monoisotopic (exact) mass is 308 g/mol. The predicted octanol–water partition coefficient (Wildman–Crippen LogP) is 4.14. The molecule has 23 heavy (non-hydrogen) atoms. The largest absolute Gasteiger partial charge is 0.469 e. The van der Waals surface area contributed by atoms with Crippen LogP contribution < -0.4 is 5.32 Å². The Morgan fingerprint density at radius 1 is 1.00 bits per heavy atom. The average molecular weight is 308 g/mol. The summed E-state index contributed by atoms with van der Waals surface area (Å²) >= 11 is 0. The van der Waals surface area contributed by atoms with Gasteiger partial charge in [0.05, 0.1) is 23.8 Å². The van der Waals surface area contributed by atoms with Gasteiger partial charge in [0, 0.05) is 23.7 Å². The van der Waals surface area contributed by atoms with Gasteiger partial charge >= 0.3 is 5.97 Å². The number of nitrogens with one attached hydrogen (secondary N) is 1. The van der Waals surface area contributed by atoms with Crippen molar-refractivity contribution in [3.63, 3.8) is 0 Å². The molecule has 3 aromatic rings. The van der Waals surface area contributed by atoms with Crippen molar-refractivity contribution in [2.24, 2.45) is 0 Å². The summed E-state index contributed by atoms with van der Waals surface area (Å²) in [5, 5.41) is 5.78. The number of rotatable bonds is 6. The Labute approximate surface area is 135 Å². The number of methoxy groups -OCH3 is 1. The van der Waals surface area contributed by atoms with E-state index in [1.165, 1.54) is 7.11 Å². The molecule has 1 heterocycles. The third-order valence-corrected chi connectivity index (χ3v) is 3.92. The maximum atomic E-state index is 11.1. The van der Waals surface area contributed by atoms with Gasteiger partial charge in [0.2, 0.25) is 0 Å². The molecule has 1 aromatic heterocycles. The number of fused-ring (bicyclic) bond motifs is 2. The summed E-state index contributed by atoms with van der Waals surface area (Å²) in [5.74, 6) is -0.148. The smallest absolute Gasteiger partial charge is 0.305 e. The second kappa shape index (κ2) is 7.09. The van der Waals surface area contributed by atoms with Crippen molar-refractivity contribution in [3.05, 3.63) is 48.5 Å². The fourth-order valence-corrected chi connectivity index (χ4v) is 2.74. The third-order valence-electron chi connectivity index (χ3n) is 3.92. The van der Waals surface area contributed by atoms with Crippen molar-refractivity contribution in [2.45, 2.75) is 19.3 Å². The Morgan fingerprint density at radius 2 is 1.61 bits per heavy atom. The molecule has 0 aliphatic carbocycles. The molecule has 3 rings (SSSR count). The predicted molar refractivity (Wildman–Crippen MR) is 93.6 cm³/mol. The highest BCUT2D eigenvalue weighted by Gasteiger charge is 2.08. The Bertz CT molecular complexity index is 776. The summed E-state index contributed by atoms with van der Waals surface area (Å²) in [6.07, 6.45) is 2.21. The fraction of sp³-hybridized carbons (Fsp3) is 0.263. The summed E-state index contributed by atoms with van der Waals surface area (Å²) in [6.45, 7) is 0.814. The lowest BCUT2D eigenvalue weighted by Crippen LogP contribution is -2.05. The van der Waals surface area contributed by atoms with E-state index in [1.807, 2.05) is 36.4 Å². The fourth-order valence-electron chi connectivity index (χ4n) is 2.74. The van der Waals surface area contributed by atoms with Gasteiger partial charge in [-0.15, -0.1) is 0 Å². The quantitative estimate of drug-likeness (QED) is 0.422. The number of unbranched alkanes of at least 4 members (excludes halogenated alkanes) is 1. The van der Waals surface area contributed by atoms with Crippen LogP contribution in [0.4, 0.5) is 5.69 Å². The highest BCUT2D eigenvalue weighted by atomic mass is 16.5. The van der Waals surface area contributed by atoms with Crippen LogP contribution in [-0.2, 0) is 9.53 Å². The third kappa shape index (κ3) is 3.42. The van der Waals surface area contributed by atoms with Gasteiger partial charge < -0.3 is 10.1 Å². The van der Waals surface area contributed by atoms with Gasteiger partial charge in [0.15, 0.2) is 0 Å². The van der Waals surface area contributed by atoms with E-state index >= 15 is 0 Å². The molecule has 0 fully saturated rings. The summed E-state index contributed by atoms with van der Waals surface area (Å²) in [7, 11) is 1.43. The van der Waals surface area contributed by atoms with Crippen molar-refractivity contribution in [2.75, 3.05) is 19.0 Å². The van der Waals surface area contributed by atoms with E-state index in [4.69, 9.17) is 4.98 Å². The van der Waals surface area contributed by atoms with Crippen LogP contribution >= 0.6 is 0 Å². The molecule has 0 radical (unpaired) electrons. The van der Waals surface area contributed by atoms with Crippen LogP contribution in [0.2, 0.25) is 0 Å². The minimum absolute atomic E-state index is 0.148. The molecule has 0 atom stereocenters. The molecular formula is C19H20N2O2. The van der Waals surface area contributed by atoms with Gasteiger partial charge in [-0.1, -0.05) is 36.4 Å². The van der Waals surface area contributed by atoms with Crippen LogP contribution in [0.1, 0.15) is 19.3 Å². The molecule has 0 saturated heterocycles. The molecule has 2 aromatic carbocycles. The van der Waals surface area contributed by atoms with E-state index in [2.05, 4.69) is 22.2 Å². The molecule has 4 nitrogen and oxygen atoms in total. The zero-order chi connectivity index (χ0) is 16.1. The lowest BCUT2D eigenvalue weighted by Gasteiger charge is -2.13. The summed E-state index contributed by atoms with van der Waals surface area (Å²) < 4.78 is 4.66. The Balaban J connectivity index is 1.81. The summed E-state index contributed by atoms with van der Waals surface area (Å²) in [6, 6.07) is 16.3. The molecule has 0 bridgehead atoms. The first kappa shape index (κ1) is 15.3. The number of para-hydroxylation sites is 2. The summed E-state index contributed by atoms with van der Waals surface area (Å²) in [4.78, 5) is 15.9. The molecule has 4 heteroatoms. The number of carbonyl (C=O) groups is 1. The van der Waals surface area contributed by atoms with Gasteiger partial charge in [-0.25, -0.2) is 4.98 Å². The Kier molecular flexibility index (Phi) is 4.71. The normalized spacial score (nSPS) is 10.8. The number of carbonyl (C=O) groups excluding carboxylic acids is 1. The van der Waals surface area contributed by atoms with E-state index < -0.39 is 0 Å². The highest BCUT2D eigenvalue weighted by molar-refractivity contribution is 6.07. The molecule has 118 valence electrons. The van der Waals surface area contributed by atoms with Crippen molar-refractivity contribution < 1.29 is 9.53 Å². The van der Waals surface area contributed by atoms with Crippen molar-refractivity contribution in [3.8, 4) is 0 Å². The van der Waals surface area contributed by atoms with Crippen LogP contribution in [0.5, 0.6) is 0 Å². The maximum Gasteiger partial charge on any atom is 0.305 e. The van der Waals surface area contributed by atoms with Crippen LogP contribution in [0.3, 0.4) is 0 Å². The van der Waals surface area contributed by atoms with E-state index in [1.54, 1.807) is 0 Å². The zero-order valence-corrected chi connectivity index (χ0v) is 13.2. The molecule has 0 aliphatic rings. The zero-order valence-electron chi connectivity index (χ0n) is 13.2. The Hall–Kier alpha value is -2.62. The molecule has 0 spiro atoms. The van der Waals surface area contributed by atoms with E-state index in [9.17, 15) is 4.79 Å². The first-order chi connectivity index (χ1) is 11.3. The SMILES string of the molecule is COC(=O)CCCCNc1c2ccccc2nc2ccccc12. The van der Waals surface area contributed by atoms with Gasteiger partial charge in [-0.05, 0) is 25.0 Å².